The molecular formula is C15H22ClFN2O2S. The second kappa shape index (κ2) is 7.73. The van der Waals surface area contributed by atoms with Crippen molar-refractivity contribution in [2.75, 3.05) is 26.2 Å². The molecule has 1 aliphatic rings. The Labute approximate surface area is 136 Å². The van der Waals surface area contributed by atoms with Crippen LogP contribution in [0.5, 0.6) is 0 Å². The smallest absolute Gasteiger partial charge is 0.242 e. The fraction of sp³-hybridized carbons (Fsp3) is 0.600. The third-order valence-corrected chi connectivity index (χ3v) is 5.81. The molecule has 0 aromatic heterocycles. The van der Waals surface area contributed by atoms with Crippen molar-refractivity contribution in [3.8, 4) is 0 Å². The van der Waals surface area contributed by atoms with Crippen molar-refractivity contribution in [1.29, 1.82) is 0 Å². The van der Waals surface area contributed by atoms with Crippen LogP contribution in [0, 0.1) is 11.7 Å². The lowest BCUT2D eigenvalue weighted by Gasteiger charge is -2.30. The summed E-state index contributed by atoms with van der Waals surface area (Å²) in [7, 11) is -3.69. The molecule has 0 spiro atoms. The molecule has 124 valence electrons. The summed E-state index contributed by atoms with van der Waals surface area (Å²) in [5.74, 6) is 0.159. The minimum Gasteiger partial charge on any atom is -0.303 e. The van der Waals surface area contributed by atoms with Gasteiger partial charge in [0.15, 0.2) is 0 Å². The second-order valence-corrected chi connectivity index (χ2v) is 8.02. The molecule has 4 nitrogen and oxygen atoms in total. The number of likely N-dealkylation sites (tertiary alicyclic amines) is 1. The monoisotopic (exact) mass is 348 g/mol. The summed E-state index contributed by atoms with van der Waals surface area (Å²) in [6.45, 7) is 5.63. The largest absolute Gasteiger partial charge is 0.303 e. The molecule has 1 saturated heterocycles. The first-order valence-electron chi connectivity index (χ1n) is 7.55. The van der Waals surface area contributed by atoms with Gasteiger partial charge in [0.25, 0.3) is 0 Å². The predicted molar refractivity (Wildman–Crippen MR) is 86.1 cm³/mol. The van der Waals surface area contributed by atoms with Crippen LogP contribution in [-0.2, 0) is 10.0 Å². The number of rotatable bonds is 6. The zero-order valence-electron chi connectivity index (χ0n) is 12.7. The van der Waals surface area contributed by atoms with Crippen molar-refractivity contribution >= 4 is 21.6 Å². The predicted octanol–water partition coefficient (Wildman–Crippen LogP) is 2.88. The molecule has 1 fully saturated rings. The van der Waals surface area contributed by atoms with Crippen LogP contribution in [0.25, 0.3) is 0 Å². The quantitative estimate of drug-likeness (QED) is 0.804. The Kier molecular flexibility index (Phi) is 6.20. The molecule has 0 aliphatic carbocycles. The van der Waals surface area contributed by atoms with Gasteiger partial charge in [0.05, 0.1) is 5.02 Å². The van der Waals surface area contributed by atoms with Gasteiger partial charge in [0.1, 0.15) is 10.7 Å². The van der Waals surface area contributed by atoms with Gasteiger partial charge >= 0.3 is 0 Å². The van der Waals surface area contributed by atoms with E-state index in [-0.39, 0.29) is 9.92 Å². The summed E-state index contributed by atoms with van der Waals surface area (Å²) in [4.78, 5) is 2.29. The lowest BCUT2D eigenvalue weighted by Crippen LogP contribution is -2.36. The molecule has 1 N–H and O–H groups in total. The zero-order valence-corrected chi connectivity index (χ0v) is 14.3. The van der Waals surface area contributed by atoms with Crippen molar-refractivity contribution in [3.63, 3.8) is 0 Å². The molecule has 1 aromatic rings. The van der Waals surface area contributed by atoms with Gasteiger partial charge in [-0.25, -0.2) is 17.5 Å². The van der Waals surface area contributed by atoms with Crippen molar-refractivity contribution in [2.45, 2.75) is 31.1 Å². The molecular weight excluding hydrogens is 327 g/mol. The van der Waals surface area contributed by atoms with E-state index in [1.807, 2.05) is 0 Å². The molecule has 0 bridgehead atoms. The van der Waals surface area contributed by atoms with E-state index >= 15 is 0 Å². The Morgan fingerprint density at radius 2 is 2.23 bits per heavy atom. The van der Waals surface area contributed by atoms with Crippen LogP contribution >= 0.6 is 11.6 Å². The van der Waals surface area contributed by atoms with Gasteiger partial charge in [-0.1, -0.05) is 18.5 Å². The lowest BCUT2D eigenvalue weighted by molar-refractivity contribution is 0.182. The number of halogens is 2. The van der Waals surface area contributed by atoms with E-state index in [0.717, 1.165) is 38.2 Å². The molecule has 22 heavy (non-hydrogen) atoms. The van der Waals surface area contributed by atoms with Gasteiger partial charge in [0, 0.05) is 13.1 Å². The van der Waals surface area contributed by atoms with E-state index in [1.165, 1.54) is 18.9 Å². The fourth-order valence-corrected chi connectivity index (χ4v) is 4.37. The van der Waals surface area contributed by atoms with Crippen molar-refractivity contribution in [2.24, 2.45) is 5.92 Å². The number of sulfonamides is 1. The van der Waals surface area contributed by atoms with Crippen LogP contribution in [0.4, 0.5) is 4.39 Å². The number of hydrogen-bond acceptors (Lipinski definition) is 3. The summed E-state index contributed by atoms with van der Waals surface area (Å²) >= 11 is 5.80. The lowest BCUT2D eigenvalue weighted by atomic mass is 10.0. The Morgan fingerprint density at radius 1 is 1.45 bits per heavy atom. The standard InChI is InChI=1S/C15H22ClFN2O2S/c1-12-4-2-8-19(11-12)9-3-7-18-22(20,21)15-6-5-13(17)10-14(15)16/h5-6,10,12,18H,2-4,7-9,11H2,1H3/t12-/m1/s1. The molecule has 1 atom stereocenters. The third-order valence-electron chi connectivity index (χ3n) is 3.87. The molecule has 2 rings (SSSR count). The summed E-state index contributed by atoms with van der Waals surface area (Å²) in [6, 6.07) is 3.28. The highest BCUT2D eigenvalue weighted by Gasteiger charge is 2.19. The minimum atomic E-state index is -3.69. The number of benzene rings is 1. The maximum absolute atomic E-state index is 13.0. The first-order chi connectivity index (χ1) is 10.4. The number of hydrogen-bond donors (Lipinski definition) is 1. The van der Waals surface area contributed by atoms with Crippen molar-refractivity contribution < 1.29 is 12.8 Å². The third kappa shape index (κ3) is 4.91. The average molecular weight is 349 g/mol. The number of nitrogens with zero attached hydrogens (tertiary/aromatic N) is 1. The molecule has 1 heterocycles. The van der Waals surface area contributed by atoms with Gasteiger partial charge < -0.3 is 4.90 Å². The molecule has 0 saturated carbocycles. The molecule has 0 unspecified atom stereocenters. The van der Waals surface area contributed by atoms with Crippen molar-refractivity contribution in [3.05, 3.63) is 29.0 Å². The van der Waals surface area contributed by atoms with E-state index in [0.29, 0.717) is 12.5 Å². The van der Waals surface area contributed by atoms with Crippen molar-refractivity contribution in [1.82, 2.24) is 9.62 Å². The van der Waals surface area contributed by atoms with E-state index in [2.05, 4.69) is 16.5 Å². The van der Waals surface area contributed by atoms with Gasteiger partial charge in [-0.3, -0.25) is 0 Å². The van der Waals surface area contributed by atoms with Gasteiger partial charge in [-0.05, 0) is 56.5 Å². The van der Waals surface area contributed by atoms with Gasteiger partial charge in [-0.2, -0.15) is 0 Å². The minimum absolute atomic E-state index is 0.0813. The summed E-state index contributed by atoms with van der Waals surface area (Å²) in [5.41, 5.74) is 0. The SMILES string of the molecule is C[C@@H]1CCCN(CCCNS(=O)(=O)c2ccc(F)cc2Cl)C1. The molecule has 0 amide bonds. The van der Waals surface area contributed by atoms with Gasteiger partial charge in [0.2, 0.25) is 10.0 Å². The highest BCUT2D eigenvalue weighted by molar-refractivity contribution is 7.89. The average Bonchev–Trinajstić information content (AvgIpc) is 2.43. The molecule has 1 aromatic carbocycles. The van der Waals surface area contributed by atoms with E-state index < -0.39 is 15.8 Å². The number of nitrogens with one attached hydrogen (secondary N) is 1. The fourth-order valence-electron chi connectivity index (χ4n) is 2.77. The Morgan fingerprint density at radius 3 is 2.91 bits per heavy atom. The van der Waals surface area contributed by atoms with Gasteiger partial charge in [-0.15, -0.1) is 0 Å². The molecule has 7 heteroatoms. The summed E-state index contributed by atoms with van der Waals surface area (Å²) in [6.07, 6.45) is 3.22. The maximum Gasteiger partial charge on any atom is 0.242 e. The molecule has 0 radical (unpaired) electrons. The highest BCUT2D eigenvalue weighted by Crippen LogP contribution is 2.22. The van der Waals surface area contributed by atoms with Crippen LogP contribution in [0.3, 0.4) is 0 Å². The Hall–Kier alpha value is -0.690. The van der Waals surface area contributed by atoms with Crippen LogP contribution < -0.4 is 4.72 Å². The van der Waals surface area contributed by atoms with Crippen LogP contribution in [0.1, 0.15) is 26.2 Å². The zero-order chi connectivity index (χ0) is 16.2. The van der Waals surface area contributed by atoms with E-state index in [4.69, 9.17) is 11.6 Å². The van der Waals surface area contributed by atoms with E-state index in [1.54, 1.807) is 0 Å². The Bertz CT molecular complexity index is 610. The summed E-state index contributed by atoms with van der Waals surface area (Å²) < 4.78 is 39.8. The molecule has 1 aliphatic heterocycles. The first kappa shape index (κ1) is 17.7. The Balaban J connectivity index is 1.82. The van der Waals surface area contributed by atoms with Crippen LogP contribution in [-0.4, -0.2) is 39.5 Å². The topological polar surface area (TPSA) is 49.4 Å². The van der Waals surface area contributed by atoms with E-state index in [9.17, 15) is 12.8 Å². The second-order valence-electron chi connectivity index (χ2n) is 5.87. The highest BCUT2D eigenvalue weighted by atomic mass is 35.5. The first-order valence-corrected chi connectivity index (χ1v) is 9.41. The normalized spacial score (nSPS) is 20.2. The maximum atomic E-state index is 13.0. The summed E-state index contributed by atoms with van der Waals surface area (Å²) in [5, 5.41) is -0.0997. The van der Waals surface area contributed by atoms with Crippen LogP contribution in [0.15, 0.2) is 23.1 Å². The van der Waals surface area contributed by atoms with Crippen LogP contribution in [0.2, 0.25) is 5.02 Å². The number of piperidine rings is 1.